The minimum Gasteiger partial charge on any atom is -0.464 e. The second-order valence-electron chi connectivity index (χ2n) is 2.30. The molecule has 1 nitrogen and oxygen atoms in total. The molecule has 0 amide bonds. The van der Waals surface area contributed by atoms with Crippen LogP contribution >= 0.6 is 25.3 Å². The van der Waals surface area contributed by atoms with Crippen LogP contribution in [0.25, 0.3) is 11.0 Å². The van der Waals surface area contributed by atoms with Gasteiger partial charge in [0.05, 0.1) is 6.26 Å². The molecule has 0 unspecified atom stereocenters. The van der Waals surface area contributed by atoms with E-state index in [4.69, 9.17) is 4.42 Å². The molecule has 0 saturated carbocycles. The standard InChI is InChI=1S/C8H6OS2/c10-5-3-7-6(1-2-9-7)8(11)4-5/h1-4,10-11H. The average molecular weight is 182 g/mol. The normalized spacial score (nSPS) is 10.7. The zero-order valence-electron chi connectivity index (χ0n) is 5.61. The average Bonchev–Trinajstić information content (AvgIpc) is 2.34. The first-order valence-corrected chi connectivity index (χ1v) is 4.06. The third-order valence-corrected chi connectivity index (χ3v) is 2.16. The fourth-order valence-electron chi connectivity index (χ4n) is 1.04. The van der Waals surface area contributed by atoms with Gasteiger partial charge in [-0.25, -0.2) is 0 Å². The molecule has 0 bridgehead atoms. The lowest BCUT2D eigenvalue weighted by atomic mass is 10.2. The van der Waals surface area contributed by atoms with Crippen LogP contribution in [-0.4, -0.2) is 0 Å². The highest BCUT2D eigenvalue weighted by Crippen LogP contribution is 2.26. The van der Waals surface area contributed by atoms with Gasteiger partial charge in [0.2, 0.25) is 0 Å². The van der Waals surface area contributed by atoms with Crippen molar-refractivity contribution in [2.75, 3.05) is 0 Å². The number of fused-ring (bicyclic) bond motifs is 1. The van der Waals surface area contributed by atoms with Gasteiger partial charge in [-0.15, -0.1) is 25.3 Å². The highest BCUT2D eigenvalue weighted by Gasteiger charge is 2.00. The topological polar surface area (TPSA) is 13.1 Å². The van der Waals surface area contributed by atoms with Crippen molar-refractivity contribution >= 4 is 36.2 Å². The molecule has 0 fully saturated rings. The van der Waals surface area contributed by atoms with Crippen molar-refractivity contribution in [2.45, 2.75) is 9.79 Å². The molecule has 2 aromatic rings. The van der Waals surface area contributed by atoms with E-state index in [1.807, 2.05) is 18.2 Å². The summed E-state index contributed by atoms with van der Waals surface area (Å²) in [5.41, 5.74) is 0.836. The molecule has 11 heavy (non-hydrogen) atoms. The van der Waals surface area contributed by atoms with Crippen molar-refractivity contribution in [3.05, 3.63) is 24.5 Å². The Labute approximate surface area is 75.2 Å². The summed E-state index contributed by atoms with van der Waals surface area (Å²) in [6, 6.07) is 5.66. The Kier molecular flexibility index (Phi) is 1.62. The van der Waals surface area contributed by atoms with E-state index in [1.54, 1.807) is 6.26 Å². The van der Waals surface area contributed by atoms with Crippen molar-refractivity contribution in [1.29, 1.82) is 0 Å². The summed E-state index contributed by atoms with van der Waals surface area (Å²) in [7, 11) is 0. The predicted molar refractivity (Wildman–Crippen MR) is 50.7 cm³/mol. The summed E-state index contributed by atoms with van der Waals surface area (Å²) in [5.74, 6) is 0. The SMILES string of the molecule is Sc1cc(S)c2ccoc2c1. The third kappa shape index (κ3) is 1.14. The molecule has 1 aromatic heterocycles. The fourth-order valence-corrected chi connectivity index (χ4v) is 1.71. The van der Waals surface area contributed by atoms with Gasteiger partial charge in [-0.3, -0.25) is 0 Å². The summed E-state index contributed by atoms with van der Waals surface area (Å²) in [4.78, 5) is 1.78. The van der Waals surface area contributed by atoms with Crippen LogP contribution in [0.15, 0.2) is 38.7 Å². The Morgan fingerprint density at radius 3 is 2.82 bits per heavy atom. The summed E-state index contributed by atoms with van der Waals surface area (Å²) in [6.45, 7) is 0. The van der Waals surface area contributed by atoms with Crippen molar-refractivity contribution in [3.63, 3.8) is 0 Å². The molecule has 0 saturated heterocycles. The molecule has 0 aliphatic heterocycles. The summed E-state index contributed by atoms with van der Waals surface area (Å²) in [5, 5.41) is 1.03. The number of benzene rings is 1. The maximum atomic E-state index is 5.18. The van der Waals surface area contributed by atoms with Crippen LogP contribution in [0, 0.1) is 0 Å². The maximum absolute atomic E-state index is 5.18. The van der Waals surface area contributed by atoms with Crippen LogP contribution < -0.4 is 0 Å². The third-order valence-electron chi connectivity index (χ3n) is 1.53. The van der Waals surface area contributed by atoms with E-state index in [1.165, 1.54) is 0 Å². The first-order chi connectivity index (χ1) is 5.27. The Hall–Kier alpha value is -0.540. The Balaban J connectivity index is 2.91. The lowest BCUT2D eigenvalue weighted by molar-refractivity contribution is 0.614. The molecule has 0 atom stereocenters. The van der Waals surface area contributed by atoms with Gasteiger partial charge in [0.1, 0.15) is 5.58 Å². The Bertz CT molecular complexity index is 392. The van der Waals surface area contributed by atoms with Crippen LogP contribution in [0.1, 0.15) is 0 Å². The van der Waals surface area contributed by atoms with Crippen LogP contribution in [0.2, 0.25) is 0 Å². The van der Waals surface area contributed by atoms with E-state index < -0.39 is 0 Å². The van der Waals surface area contributed by atoms with Gasteiger partial charge in [-0.2, -0.15) is 0 Å². The lowest BCUT2D eigenvalue weighted by Crippen LogP contribution is -1.69. The van der Waals surface area contributed by atoms with E-state index in [-0.39, 0.29) is 0 Å². The molecule has 56 valence electrons. The van der Waals surface area contributed by atoms with Gasteiger partial charge in [-0.05, 0) is 18.2 Å². The fraction of sp³-hybridized carbons (Fsp3) is 0. The summed E-state index contributed by atoms with van der Waals surface area (Å²) in [6.07, 6.45) is 1.65. The van der Waals surface area contributed by atoms with E-state index >= 15 is 0 Å². The maximum Gasteiger partial charge on any atom is 0.136 e. The van der Waals surface area contributed by atoms with Crippen molar-refractivity contribution < 1.29 is 4.42 Å². The number of hydrogen-bond donors (Lipinski definition) is 2. The smallest absolute Gasteiger partial charge is 0.136 e. The first kappa shape index (κ1) is 7.13. The molecule has 3 heteroatoms. The Morgan fingerprint density at radius 1 is 1.18 bits per heavy atom. The van der Waals surface area contributed by atoms with Crippen LogP contribution in [0.3, 0.4) is 0 Å². The van der Waals surface area contributed by atoms with E-state index in [0.29, 0.717) is 0 Å². The quantitative estimate of drug-likeness (QED) is 0.597. The molecule has 1 heterocycles. The molecular weight excluding hydrogens is 176 g/mol. The van der Waals surface area contributed by atoms with Gasteiger partial charge in [-0.1, -0.05) is 0 Å². The van der Waals surface area contributed by atoms with Gasteiger partial charge >= 0.3 is 0 Å². The van der Waals surface area contributed by atoms with Crippen molar-refractivity contribution in [3.8, 4) is 0 Å². The lowest BCUT2D eigenvalue weighted by Gasteiger charge is -1.94. The minimum absolute atomic E-state index is 0.836. The number of furan rings is 1. The van der Waals surface area contributed by atoms with Crippen molar-refractivity contribution in [1.82, 2.24) is 0 Å². The van der Waals surface area contributed by atoms with Gasteiger partial charge < -0.3 is 4.42 Å². The number of hydrogen-bond acceptors (Lipinski definition) is 3. The highest BCUT2D eigenvalue weighted by atomic mass is 32.1. The zero-order valence-corrected chi connectivity index (χ0v) is 7.40. The van der Waals surface area contributed by atoms with Gasteiger partial charge in [0.25, 0.3) is 0 Å². The largest absolute Gasteiger partial charge is 0.464 e. The van der Waals surface area contributed by atoms with Crippen LogP contribution in [0.5, 0.6) is 0 Å². The van der Waals surface area contributed by atoms with Gasteiger partial charge in [0, 0.05) is 15.2 Å². The van der Waals surface area contributed by atoms with E-state index in [9.17, 15) is 0 Å². The zero-order chi connectivity index (χ0) is 7.84. The minimum atomic E-state index is 0.836. The molecule has 0 aliphatic rings. The molecular formula is C8H6OS2. The molecule has 2 rings (SSSR count). The molecule has 0 N–H and O–H groups in total. The molecule has 0 spiro atoms. The molecule has 0 aliphatic carbocycles. The van der Waals surface area contributed by atoms with Crippen molar-refractivity contribution in [2.24, 2.45) is 0 Å². The monoisotopic (exact) mass is 182 g/mol. The summed E-state index contributed by atoms with van der Waals surface area (Å²) < 4.78 is 5.18. The van der Waals surface area contributed by atoms with E-state index in [2.05, 4.69) is 25.3 Å². The molecule has 0 radical (unpaired) electrons. The highest BCUT2D eigenvalue weighted by molar-refractivity contribution is 7.81. The number of thiol groups is 2. The van der Waals surface area contributed by atoms with Crippen LogP contribution in [0.4, 0.5) is 0 Å². The van der Waals surface area contributed by atoms with Gasteiger partial charge in [0.15, 0.2) is 0 Å². The second kappa shape index (κ2) is 2.50. The Morgan fingerprint density at radius 2 is 2.00 bits per heavy atom. The second-order valence-corrected chi connectivity index (χ2v) is 3.30. The van der Waals surface area contributed by atoms with E-state index in [0.717, 1.165) is 20.8 Å². The number of rotatable bonds is 0. The first-order valence-electron chi connectivity index (χ1n) is 3.16. The summed E-state index contributed by atoms with van der Waals surface area (Å²) >= 11 is 8.47. The predicted octanol–water partition coefficient (Wildman–Crippen LogP) is 3.01. The van der Waals surface area contributed by atoms with Crippen LogP contribution in [-0.2, 0) is 0 Å². The molecule has 1 aromatic carbocycles.